The highest BCUT2D eigenvalue weighted by Gasteiger charge is 2.09. The molecule has 0 aliphatic heterocycles. The smallest absolute Gasteiger partial charge is 0.224 e. The van der Waals surface area contributed by atoms with Gasteiger partial charge in [-0.25, -0.2) is 0 Å². The highest BCUT2D eigenvalue weighted by Crippen LogP contribution is 2.18. The van der Waals surface area contributed by atoms with Gasteiger partial charge in [0.1, 0.15) is 0 Å². The zero-order valence-electron chi connectivity index (χ0n) is 19.3. The number of nitrogens with zero attached hydrogens (tertiary/aromatic N) is 5. The summed E-state index contributed by atoms with van der Waals surface area (Å²) in [5.41, 5.74) is 24.5. The summed E-state index contributed by atoms with van der Waals surface area (Å²) < 4.78 is 0. The van der Waals surface area contributed by atoms with Crippen molar-refractivity contribution < 1.29 is 4.79 Å². The van der Waals surface area contributed by atoms with Gasteiger partial charge in [0.2, 0.25) is 17.8 Å². The lowest BCUT2D eigenvalue weighted by Gasteiger charge is -2.11. The molecule has 1 rings (SSSR count). The Morgan fingerprint density at radius 2 is 1.30 bits per heavy atom. The van der Waals surface area contributed by atoms with Crippen molar-refractivity contribution in [3.8, 4) is 6.07 Å². The van der Waals surface area contributed by atoms with Gasteiger partial charge in [0.05, 0.1) is 17.5 Å². The number of rotatable bonds is 13. The van der Waals surface area contributed by atoms with Crippen LogP contribution in [0.15, 0.2) is 38.6 Å². The fraction of sp³-hybridized carbons (Fsp3) is 0.455. The van der Waals surface area contributed by atoms with E-state index in [1.165, 1.54) is 0 Å². The number of hydrogen-bond donors (Lipinski definition) is 5. The number of nitrogens with two attached hydrogens (primary N) is 4. The Hall–Kier alpha value is -3.94. The zero-order chi connectivity index (χ0) is 24.6. The molecule has 0 aromatic heterocycles. The number of amides is 1. The molecular formula is C22H34N10O. The first-order valence-electron chi connectivity index (χ1n) is 10.8. The fourth-order valence-electron chi connectivity index (χ4n) is 2.92. The van der Waals surface area contributed by atoms with Gasteiger partial charge in [-0.2, -0.15) is 15.5 Å². The van der Waals surface area contributed by atoms with Crippen molar-refractivity contribution in [3.05, 3.63) is 29.3 Å². The molecule has 0 spiro atoms. The lowest BCUT2D eigenvalue weighted by atomic mass is 10.0. The van der Waals surface area contributed by atoms with Gasteiger partial charge in [-0.3, -0.25) is 4.79 Å². The predicted molar refractivity (Wildman–Crippen MR) is 134 cm³/mol. The van der Waals surface area contributed by atoms with Crippen LogP contribution in [0.3, 0.4) is 0 Å². The van der Waals surface area contributed by atoms with Crippen molar-refractivity contribution in [2.75, 3.05) is 5.32 Å². The van der Waals surface area contributed by atoms with E-state index in [0.717, 1.165) is 38.5 Å². The number of hydrogen-bond acceptors (Lipinski definition) is 6. The van der Waals surface area contributed by atoms with Crippen LogP contribution in [0.25, 0.3) is 0 Å². The average molecular weight is 455 g/mol. The maximum absolute atomic E-state index is 12.5. The van der Waals surface area contributed by atoms with Gasteiger partial charge in [0, 0.05) is 29.7 Å². The van der Waals surface area contributed by atoms with E-state index < -0.39 is 0 Å². The van der Waals surface area contributed by atoms with Gasteiger partial charge in [-0.15, -0.1) is 10.2 Å². The summed E-state index contributed by atoms with van der Waals surface area (Å²) in [4.78, 5) is 12.5. The number of carbonyl (C=O) groups excluding carboxylic acids is 1. The number of unbranched alkanes of at least 4 members (excludes halogenated alkanes) is 6. The van der Waals surface area contributed by atoms with Crippen molar-refractivity contribution in [3.63, 3.8) is 0 Å². The molecule has 0 heterocycles. The summed E-state index contributed by atoms with van der Waals surface area (Å²) in [6.45, 7) is 3.49. The van der Waals surface area contributed by atoms with Crippen LogP contribution in [-0.2, 0) is 4.79 Å². The maximum Gasteiger partial charge on any atom is 0.224 e. The molecule has 1 aromatic rings. The normalized spacial score (nSPS) is 11.4. The maximum atomic E-state index is 12.5. The van der Waals surface area contributed by atoms with Crippen molar-refractivity contribution in [2.45, 2.75) is 65.2 Å². The minimum absolute atomic E-state index is 0.0831. The van der Waals surface area contributed by atoms with Crippen LogP contribution >= 0.6 is 0 Å². The number of benzene rings is 1. The molecule has 1 amide bonds. The van der Waals surface area contributed by atoms with E-state index in [4.69, 9.17) is 28.2 Å². The SMILES string of the molecule is C/C(=N/N=C(N)N)c1cc(NC(=O)CCCCCCCCC#N)cc(/C(C)=N/N=C(N)N)c1. The third kappa shape index (κ3) is 11.9. The average Bonchev–Trinajstić information content (AvgIpc) is 2.77. The first-order chi connectivity index (χ1) is 15.7. The molecule has 178 valence electrons. The van der Waals surface area contributed by atoms with E-state index in [1.54, 1.807) is 26.0 Å². The molecule has 33 heavy (non-hydrogen) atoms. The van der Waals surface area contributed by atoms with Crippen molar-refractivity contribution in [2.24, 2.45) is 43.3 Å². The quantitative estimate of drug-likeness (QED) is 0.131. The second-order valence-corrected chi connectivity index (χ2v) is 7.55. The lowest BCUT2D eigenvalue weighted by molar-refractivity contribution is -0.116. The van der Waals surface area contributed by atoms with Gasteiger partial charge in [0.25, 0.3) is 0 Å². The summed E-state index contributed by atoms with van der Waals surface area (Å²) in [7, 11) is 0. The van der Waals surface area contributed by atoms with Crippen LogP contribution in [0, 0.1) is 11.3 Å². The number of carbonyl (C=O) groups is 1. The van der Waals surface area contributed by atoms with E-state index in [-0.39, 0.29) is 17.8 Å². The topological polar surface area (TPSA) is 206 Å². The minimum Gasteiger partial charge on any atom is -0.369 e. The monoisotopic (exact) mass is 454 g/mol. The van der Waals surface area contributed by atoms with Crippen LogP contribution in [0.5, 0.6) is 0 Å². The van der Waals surface area contributed by atoms with E-state index in [9.17, 15) is 4.79 Å². The molecule has 11 nitrogen and oxygen atoms in total. The highest BCUT2D eigenvalue weighted by atomic mass is 16.1. The molecule has 0 fully saturated rings. The van der Waals surface area contributed by atoms with Gasteiger partial charge >= 0.3 is 0 Å². The second kappa shape index (κ2) is 15.0. The Morgan fingerprint density at radius 3 is 1.79 bits per heavy atom. The molecule has 0 atom stereocenters. The summed E-state index contributed by atoms with van der Waals surface area (Å²) >= 11 is 0. The summed E-state index contributed by atoms with van der Waals surface area (Å²) in [6, 6.07) is 7.54. The van der Waals surface area contributed by atoms with Gasteiger partial charge in [-0.1, -0.05) is 25.7 Å². The van der Waals surface area contributed by atoms with E-state index in [1.807, 2.05) is 6.07 Å². The van der Waals surface area contributed by atoms with Crippen LogP contribution < -0.4 is 28.3 Å². The molecule has 9 N–H and O–H groups in total. The first-order valence-corrected chi connectivity index (χ1v) is 10.8. The Kier molecular flexibility index (Phi) is 12.3. The molecule has 1 aromatic carbocycles. The zero-order valence-corrected chi connectivity index (χ0v) is 19.3. The second-order valence-electron chi connectivity index (χ2n) is 7.55. The number of anilines is 1. The molecule has 0 aliphatic rings. The predicted octanol–water partition coefficient (Wildman–Crippen LogP) is 2.26. The number of nitrogens with one attached hydrogen (secondary N) is 1. The molecular weight excluding hydrogens is 420 g/mol. The summed E-state index contributed by atoms with van der Waals surface area (Å²) in [5, 5.41) is 26.8. The molecule has 0 bridgehead atoms. The van der Waals surface area contributed by atoms with Crippen LogP contribution in [0.4, 0.5) is 5.69 Å². The van der Waals surface area contributed by atoms with Crippen molar-refractivity contribution in [1.82, 2.24) is 0 Å². The molecule has 0 radical (unpaired) electrons. The van der Waals surface area contributed by atoms with Crippen LogP contribution in [0.2, 0.25) is 0 Å². The third-order valence-corrected chi connectivity index (χ3v) is 4.63. The van der Waals surface area contributed by atoms with E-state index in [0.29, 0.717) is 41.1 Å². The van der Waals surface area contributed by atoms with Gasteiger partial charge < -0.3 is 28.3 Å². The van der Waals surface area contributed by atoms with Gasteiger partial charge in [0.15, 0.2) is 0 Å². The molecule has 0 aliphatic carbocycles. The van der Waals surface area contributed by atoms with Crippen LogP contribution in [0.1, 0.15) is 76.3 Å². The molecule has 0 unspecified atom stereocenters. The summed E-state index contributed by atoms with van der Waals surface area (Å²) in [5.74, 6) is -0.399. The van der Waals surface area contributed by atoms with Crippen LogP contribution in [-0.4, -0.2) is 29.2 Å². The van der Waals surface area contributed by atoms with E-state index in [2.05, 4.69) is 31.8 Å². The fourth-order valence-corrected chi connectivity index (χ4v) is 2.92. The Balaban J connectivity index is 2.89. The Morgan fingerprint density at radius 1 is 0.818 bits per heavy atom. The van der Waals surface area contributed by atoms with Gasteiger partial charge in [-0.05, 0) is 44.9 Å². The van der Waals surface area contributed by atoms with Crippen molar-refractivity contribution in [1.29, 1.82) is 5.26 Å². The Bertz CT molecular complexity index is 896. The molecule has 0 saturated heterocycles. The number of guanidine groups is 2. The minimum atomic E-state index is -0.158. The molecule has 11 heteroatoms. The first kappa shape index (κ1) is 27.1. The molecule has 0 saturated carbocycles. The highest BCUT2D eigenvalue weighted by molar-refractivity contribution is 6.06. The largest absolute Gasteiger partial charge is 0.369 e. The summed E-state index contributed by atoms with van der Waals surface area (Å²) in [6.07, 6.45) is 6.92. The number of nitriles is 1. The lowest BCUT2D eigenvalue weighted by Crippen LogP contribution is -2.22. The van der Waals surface area contributed by atoms with Crippen molar-refractivity contribution >= 4 is 34.9 Å². The third-order valence-electron chi connectivity index (χ3n) is 4.63. The van der Waals surface area contributed by atoms with E-state index >= 15 is 0 Å². The standard InChI is InChI=1S/C22H34N10O/c1-15(29-31-21(24)25)17-12-18(16(2)30-32-22(26)27)14-19(13-17)28-20(33)10-8-6-4-3-5-7-9-11-23/h12-14H,3-10H2,1-2H3,(H,28,33)(H4,24,25,31)(H4,26,27,32)/b29-15-,30-16+. The Labute approximate surface area is 194 Å².